The van der Waals surface area contributed by atoms with Gasteiger partial charge in [-0.1, -0.05) is 105 Å². The second kappa shape index (κ2) is 21.8. The molecule has 4 atom stereocenters. The van der Waals surface area contributed by atoms with Gasteiger partial charge >= 0.3 is 12.1 Å². The minimum absolute atomic E-state index is 0.294. The number of rotatable bonds is 18. The van der Waals surface area contributed by atoms with Crippen LogP contribution in [0.3, 0.4) is 0 Å². The molecule has 0 radical (unpaired) electrons. The molecule has 3 N–H and O–H groups in total. The highest BCUT2D eigenvalue weighted by Crippen LogP contribution is 2.37. The third kappa shape index (κ3) is 14.7. The number of alkyl carbamates (subject to hydrolysis) is 1. The fourth-order valence-corrected chi connectivity index (χ4v) is 5.99. The zero-order valence-electron chi connectivity index (χ0n) is 30.1. The van der Waals surface area contributed by atoms with Crippen LogP contribution in [0.25, 0.3) is 0 Å². The van der Waals surface area contributed by atoms with Crippen molar-refractivity contribution in [3.63, 3.8) is 0 Å². The Labute approximate surface area is 287 Å². The number of carboxylic acids is 1. The molecule has 0 bridgehead atoms. The standard InChI is InChI=1S/C34H54N4O6S.C2H6/c1-8-10-12-13-14-17-24(3)30(32(41)42)36-31(40)25(4)38(20-11-9-2)29(39)21-35-33(43)44-28(34(5,6)7)23-37-22-26-18-15-16-19-27(26)45-37;1-2/h14-19,24-25,28,30H,8-13,20-23H2,1-7H3,(H,35,43)(H,36,40)(H,41,42);1-2H3/b17-14-;. The molecule has 1 heterocycles. The highest BCUT2D eigenvalue weighted by atomic mass is 32.2. The number of fused-ring (bicyclic) bond motifs is 1. The van der Waals surface area contributed by atoms with Crippen LogP contribution in [0, 0.1) is 11.3 Å². The molecular formula is C36H60N4O6S. The van der Waals surface area contributed by atoms with Gasteiger partial charge in [0.2, 0.25) is 11.8 Å². The zero-order chi connectivity index (χ0) is 35.6. The SMILES string of the molecule is CC.CCCCC/C=C\C(C)C(NC(=O)C(C)N(CCCC)C(=O)CNC(=O)OC(CN1Cc2ccccc2S1)C(C)(C)C)C(=O)O. The number of hydrogen-bond donors (Lipinski definition) is 3. The number of carbonyl (C=O) groups is 4. The smallest absolute Gasteiger partial charge is 0.407 e. The van der Waals surface area contributed by atoms with Gasteiger partial charge in [0.1, 0.15) is 24.7 Å². The molecular weight excluding hydrogens is 616 g/mol. The van der Waals surface area contributed by atoms with Crippen molar-refractivity contribution in [2.75, 3.05) is 19.6 Å². The minimum atomic E-state index is -1.14. The Balaban J connectivity index is 0.00000541. The summed E-state index contributed by atoms with van der Waals surface area (Å²) < 4.78 is 7.99. The maximum atomic E-state index is 13.3. The number of hydrogen-bond acceptors (Lipinski definition) is 7. The number of unbranched alkanes of at least 4 members (excludes halogenated alkanes) is 4. The number of allylic oxidation sites excluding steroid dienone is 1. The Morgan fingerprint density at radius 2 is 1.72 bits per heavy atom. The van der Waals surface area contributed by atoms with Crippen molar-refractivity contribution in [3.8, 4) is 0 Å². The fourth-order valence-electron chi connectivity index (χ4n) is 4.91. The summed E-state index contributed by atoms with van der Waals surface area (Å²) in [5.41, 5.74) is 0.887. The first-order valence-electron chi connectivity index (χ1n) is 17.2. The fraction of sp³-hybridized carbons (Fsp3) is 0.667. The molecule has 3 amide bonds. The molecule has 0 aliphatic carbocycles. The van der Waals surface area contributed by atoms with Crippen LogP contribution in [0.1, 0.15) is 106 Å². The molecule has 0 fully saturated rings. The molecule has 266 valence electrons. The molecule has 1 aromatic rings. The van der Waals surface area contributed by atoms with E-state index in [0.29, 0.717) is 19.5 Å². The quantitative estimate of drug-likeness (QED) is 0.0859. The lowest BCUT2D eigenvalue weighted by Crippen LogP contribution is -2.55. The van der Waals surface area contributed by atoms with E-state index in [1.54, 1.807) is 25.8 Å². The lowest BCUT2D eigenvalue weighted by atomic mass is 9.89. The van der Waals surface area contributed by atoms with Gasteiger partial charge < -0.3 is 25.4 Å². The molecule has 0 saturated carbocycles. The second-order valence-corrected chi connectivity index (χ2v) is 14.0. The number of carboxylic acid groups (broad SMARTS) is 1. The topological polar surface area (TPSA) is 128 Å². The van der Waals surface area contributed by atoms with E-state index >= 15 is 0 Å². The summed E-state index contributed by atoms with van der Waals surface area (Å²) in [6.45, 7) is 18.6. The Morgan fingerprint density at radius 3 is 2.32 bits per heavy atom. The Bertz CT molecular complexity index is 1130. The van der Waals surface area contributed by atoms with Crippen molar-refractivity contribution in [2.45, 2.75) is 130 Å². The lowest BCUT2D eigenvalue weighted by Gasteiger charge is -2.33. The summed E-state index contributed by atoms with van der Waals surface area (Å²) in [7, 11) is 0. The monoisotopic (exact) mass is 676 g/mol. The van der Waals surface area contributed by atoms with Gasteiger partial charge in [-0.05, 0) is 49.8 Å². The Hall–Kier alpha value is -3.05. The van der Waals surface area contributed by atoms with Crippen molar-refractivity contribution in [3.05, 3.63) is 42.0 Å². The average Bonchev–Trinajstić information content (AvgIpc) is 3.45. The lowest BCUT2D eigenvalue weighted by molar-refractivity contribution is -0.145. The third-order valence-electron chi connectivity index (χ3n) is 7.94. The molecule has 0 spiro atoms. The first-order chi connectivity index (χ1) is 22.3. The maximum Gasteiger partial charge on any atom is 0.407 e. The molecule has 1 aliphatic rings. The molecule has 1 aromatic carbocycles. The molecule has 47 heavy (non-hydrogen) atoms. The van der Waals surface area contributed by atoms with Crippen molar-refractivity contribution >= 4 is 35.8 Å². The molecule has 0 aromatic heterocycles. The summed E-state index contributed by atoms with van der Waals surface area (Å²) in [5.74, 6) is -2.57. The number of amides is 3. The number of carbonyl (C=O) groups excluding carboxylic acids is 3. The van der Waals surface area contributed by atoms with Crippen molar-refractivity contribution < 1.29 is 29.0 Å². The molecule has 1 aliphatic heterocycles. The maximum absolute atomic E-state index is 13.3. The molecule has 2 rings (SSSR count). The van der Waals surface area contributed by atoms with Crippen LogP contribution in [-0.4, -0.2) is 76.0 Å². The number of ether oxygens (including phenoxy) is 1. The second-order valence-electron chi connectivity index (χ2n) is 12.9. The summed E-state index contributed by atoms with van der Waals surface area (Å²) in [6.07, 6.45) is 8.16. The predicted molar refractivity (Wildman–Crippen MR) is 190 cm³/mol. The van der Waals surface area contributed by atoms with Gasteiger partial charge in [0.05, 0.1) is 0 Å². The van der Waals surface area contributed by atoms with Crippen LogP contribution in [0.2, 0.25) is 0 Å². The normalized spacial score (nSPS) is 15.4. The summed E-state index contributed by atoms with van der Waals surface area (Å²) in [4.78, 5) is 54.0. The Kier molecular flexibility index (Phi) is 19.4. The van der Waals surface area contributed by atoms with Gasteiger partial charge in [-0.3, -0.25) is 9.59 Å². The molecule has 0 saturated heterocycles. The van der Waals surface area contributed by atoms with Crippen LogP contribution < -0.4 is 10.6 Å². The number of nitrogens with one attached hydrogen (secondary N) is 2. The minimum Gasteiger partial charge on any atom is -0.480 e. The number of nitrogens with zero attached hydrogens (tertiary/aromatic N) is 2. The molecule has 4 unspecified atom stereocenters. The molecule has 11 heteroatoms. The van der Waals surface area contributed by atoms with E-state index in [4.69, 9.17) is 4.74 Å². The van der Waals surface area contributed by atoms with E-state index in [1.165, 1.54) is 15.4 Å². The first kappa shape index (κ1) is 42.0. The van der Waals surface area contributed by atoms with Gasteiger partial charge in [-0.2, -0.15) is 0 Å². The van der Waals surface area contributed by atoms with Crippen LogP contribution in [0.4, 0.5) is 4.79 Å². The summed E-state index contributed by atoms with van der Waals surface area (Å²) in [6, 6.07) is 6.12. The van der Waals surface area contributed by atoms with Crippen LogP contribution >= 0.6 is 11.9 Å². The van der Waals surface area contributed by atoms with E-state index in [2.05, 4.69) is 34.0 Å². The van der Waals surface area contributed by atoms with Gasteiger partial charge in [-0.25, -0.2) is 13.9 Å². The zero-order valence-corrected chi connectivity index (χ0v) is 31.0. The van der Waals surface area contributed by atoms with Crippen LogP contribution in [0.15, 0.2) is 41.3 Å². The highest BCUT2D eigenvalue weighted by molar-refractivity contribution is 7.97. The van der Waals surface area contributed by atoms with E-state index in [9.17, 15) is 24.3 Å². The highest BCUT2D eigenvalue weighted by Gasteiger charge is 2.34. The average molecular weight is 677 g/mol. The van der Waals surface area contributed by atoms with E-state index in [1.807, 2.05) is 65.8 Å². The van der Waals surface area contributed by atoms with E-state index in [0.717, 1.165) is 38.6 Å². The predicted octanol–water partition coefficient (Wildman–Crippen LogP) is 7.04. The van der Waals surface area contributed by atoms with Gasteiger partial charge in [0.25, 0.3) is 0 Å². The van der Waals surface area contributed by atoms with Gasteiger partial charge in [0.15, 0.2) is 0 Å². The summed E-state index contributed by atoms with van der Waals surface area (Å²) in [5, 5.41) is 15.0. The van der Waals surface area contributed by atoms with Crippen LogP contribution in [0.5, 0.6) is 0 Å². The summed E-state index contributed by atoms with van der Waals surface area (Å²) >= 11 is 1.64. The van der Waals surface area contributed by atoms with Crippen LogP contribution in [-0.2, 0) is 25.7 Å². The number of benzene rings is 1. The first-order valence-corrected chi connectivity index (χ1v) is 18.0. The third-order valence-corrected chi connectivity index (χ3v) is 9.07. The molecule has 10 nitrogen and oxygen atoms in total. The largest absolute Gasteiger partial charge is 0.480 e. The van der Waals surface area contributed by atoms with Crippen molar-refractivity contribution in [1.82, 2.24) is 19.8 Å². The van der Waals surface area contributed by atoms with E-state index in [-0.39, 0.29) is 12.0 Å². The van der Waals surface area contributed by atoms with Crippen molar-refractivity contribution in [2.24, 2.45) is 11.3 Å². The van der Waals surface area contributed by atoms with Gasteiger partial charge in [-0.15, -0.1) is 0 Å². The Morgan fingerprint density at radius 1 is 1.06 bits per heavy atom. The number of aliphatic carboxylic acids is 1. The van der Waals surface area contributed by atoms with Gasteiger partial charge in [0, 0.05) is 35.9 Å². The van der Waals surface area contributed by atoms with Crippen molar-refractivity contribution in [1.29, 1.82) is 0 Å². The van der Waals surface area contributed by atoms with E-state index < -0.39 is 48.0 Å².